The van der Waals surface area contributed by atoms with Gasteiger partial charge in [0.25, 0.3) is 0 Å². The molecule has 1 heterocycles. The number of sulfonamides is 2. The lowest BCUT2D eigenvalue weighted by Gasteiger charge is -2.36. The average molecular weight is 558 g/mol. The first-order chi connectivity index (χ1) is 17.6. The number of hydrogen-bond acceptors (Lipinski definition) is 7. The molecule has 1 aromatic carbocycles. The van der Waals surface area contributed by atoms with Gasteiger partial charge in [-0.3, -0.25) is 0 Å². The molecule has 1 N–H and O–H groups in total. The Kier molecular flexibility index (Phi) is 10.7. The summed E-state index contributed by atoms with van der Waals surface area (Å²) >= 11 is 0. The lowest BCUT2D eigenvalue weighted by Crippen LogP contribution is -2.45. The third-order valence-electron chi connectivity index (χ3n) is 7.86. The van der Waals surface area contributed by atoms with E-state index in [0.717, 1.165) is 25.9 Å². The molecular formula is C26H47N5O4S2. The molecule has 1 saturated carbocycles. The van der Waals surface area contributed by atoms with E-state index in [1.807, 2.05) is 27.7 Å². The summed E-state index contributed by atoms with van der Waals surface area (Å²) in [6.07, 6.45) is 5.91. The second kappa shape index (κ2) is 13.1. The minimum absolute atomic E-state index is 0.0515. The molecule has 1 saturated heterocycles. The van der Waals surface area contributed by atoms with Gasteiger partial charge in [0.2, 0.25) is 20.0 Å². The third-order valence-corrected chi connectivity index (χ3v) is 12.0. The standard InChI is InChI=1S/C26H47N5O4S2/c1-6-30(7-2)36(32,33)25-20-26(37(34,35)31(8-3)9-4)24(29-17-15-28(5)16-18-29)19-23(25)27-21-22-13-11-10-12-14-22/h19-20,22,27H,6-18,21H2,1-5H3. The highest BCUT2D eigenvalue weighted by Crippen LogP contribution is 2.38. The Labute approximate surface area is 225 Å². The van der Waals surface area contributed by atoms with Crippen molar-refractivity contribution in [2.45, 2.75) is 69.6 Å². The van der Waals surface area contributed by atoms with Crippen LogP contribution in [-0.4, -0.2) is 96.3 Å². The Morgan fingerprint density at radius 1 is 0.784 bits per heavy atom. The van der Waals surface area contributed by atoms with Gasteiger partial charge in [-0.15, -0.1) is 0 Å². The van der Waals surface area contributed by atoms with E-state index in [4.69, 9.17) is 0 Å². The minimum Gasteiger partial charge on any atom is -0.384 e. The summed E-state index contributed by atoms with van der Waals surface area (Å²) in [5.74, 6) is 0.490. The van der Waals surface area contributed by atoms with E-state index in [1.165, 1.54) is 33.9 Å². The van der Waals surface area contributed by atoms with Crippen LogP contribution in [0.25, 0.3) is 0 Å². The summed E-state index contributed by atoms with van der Waals surface area (Å²) in [7, 11) is -5.75. The van der Waals surface area contributed by atoms with Crippen molar-refractivity contribution in [3.63, 3.8) is 0 Å². The molecule has 11 heteroatoms. The van der Waals surface area contributed by atoms with Gasteiger partial charge in [-0.05, 0) is 37.9 Å². The summed E-state index contributed by atoms with van der Waals surface area (Å²) in [5.41, 5.74) is 1.09. The van der Waals surface area contributed by atoms with Crippen LogP contribution in [0.5, 0.6) is 0 Å². The summed E-state index contributed by atoms with van der Waals surface area (Å²) in [6.45, 7) is 12.2. The number of anilines is 2. The molecule has 0 amide bonds. The molecule has 1 aliphatic carbocycles. The van der Waals surface area contributed by atoms with Gasteiger partial charge in [-0.1, -0.05) is 47.0 Å². The van der Waals surface area contributed by atoms with E-state index in [1.54, 1.807) is 6.07 Å². The van der Waals surface area contributed by atoms with Crippen molar-refractivity contribution in [2.24, 2.45) is 5.92 Å². The van der Waals surface area contributed by atoms with Gasteiger partial charge in [0.15, 0.2) is 0 Å². The van der Waals surface area contributed by atoms with E-state index in [2.05, 4.69) is 22.2 Å². The number of nitrogens with one attached hydrogen (secondary N) is 1. The highest BCUT2D eigenvalue weighted by atomic mass is 32.2. The fourth-order valence-corrected chi connectivity index (χ4v) is 8.84. The van der Waals surface area contributed by atoms with Crippen molar-refractivity contribution in [1.82, 2.24) is 13.5 Å². The van der Waals surface area contributed by atoms with Gasteiger partial charge in [0.1, 0.15) is 9.79 Å². The van der Waals surface area contributed by atoms with E-state index < -0.39 is 20.0 Å². The van der Waals surface area contributed by atoms with Crippen molar-refractivity contribution >= 4 is 31.4 Å². The van der Waals surface area contributed by atoms with Crippen LogP contribution in [0.4, 0.5) is 11.4 Å². The molecular weight excluding hydrogens is 510 g/mol. The van der Waals surface area contributed by atoms with Gasteiger partial charge in [-0.2, -0.15) is 8.61 Å². The maximum atomic E-state index is 13.9. The molecule has 0 radical (unpaired) electrons. The van der Waals surface area contributed by atoms with Crippen LogP contribution in [0, 0.1) is 5.92 Å². The Hall–Kier alpha value is -1.40. The van der Waals surface area contributed by atoms with Crippen molar-refractivity contribution in [1.29, 1.82) is 0 Å². The van der Waals surface area contributed by atoms with E-state index in [9.17, 15) is 16.8 Å². The molecule has 1 aliphatic heterocycles. The van der Waals surface area contributed by atoms with E-state index in [0.29, 0.717) is 63.1 Å². The van der Waals surface area contributed by atoms with Crippen LogP contribution in [0.3, 0.4) is 0 Å². The molecule has 3 rings (SSSR count). The highest BCUT2D eigenvalue weighted by molar-refractivity contribution is 7.90. The zero-order valence-corrected chi connectivity index (χ0v) is 25.0. The third kappa shape index (κ3) is 6.79. The summed E-state index contributed by atoms with van der Waals surface area (Å²) in [4.78, 5) is 4.44. The molecule has 9 nitrogen and oxygen atoms in total. The fourth-order valence-electron chi connectivity index (χ4n) is 5.45. The number of hydrogen-bond donors (Lipinski definition) is 1. The van der Waals surface area contributed by atoms with Gasteiger partial charge in [0, 0.05) is 58.9 Å². The first-order valence-electron chi connectivity index (χ1n) is 14.0. The van der Waals surface area contributed by atoms with Crippen LogP contribution < -0.4 is 10.2 Å². The normalized spacial score (nSPS) is 18.6. The topological polar surface area (TPSA) is 93.3 Å². The van der Waals surface area contributed by atoms with Gasteiger partial charge < -0.3 is 15.1 Å². The van der Waals surface area contributed by atoms with Gasteiger partial charge >= 0.3 is 0 Å². The maximum Gasteiger partial charge on any atom is 0.245 e. The molecule has 37 heavy (non-hydrogen) atoms. The second-order valence-electron chi connectivity index (χ2n) is 10.2. The first-order valence-corrected chi connectivity index (χ1v) is 16.8. The average Bonchev–Trinajstić information content (AvgIpc) is 2.89. The Morgan fingerprint density at radius 3 is 1.81 bits per heavy atom. The minimum atomic E-state index is -3.90. The SMILES string of the molecule is CCN(CC)S(=O)(=O)c1cc(S(=O)(=O)N(CC)CC)c(N2CCN(C)CC2)cc1NCC1CCCCC1. The zero-order valence-electron chi connectivity index (χ0n) is 23.4. The quantitative estimate of drug-likeness (QED) is 0.421. The second-order valence-corrected chi connectivity index (χ2v) is 14.0. The summed E-state index contributed by atoms with van der Waals surface area (Å²) in [5, 5.41) is 3.46. The van der Waals surface area contributed by atoms with E-state index in [-0.39, 0.29) is 9.79 Å². The maximum absolute atomic E-state index is 13.9. The molecule has 1 aromatic rings. The molecule has 212 valence electrons. The predicted molar refractivity (Wildman–Crippen MR) is 151 cm³/mol. The Morgan fingerprint density at radius 2 is 1.30 bits per heavy atom. The number of rotatable bonds is 12. The zero-order chi connectivity index (χ0) is 27.2. The first kappa shape index (κ1) is 30.1. The van der Waals surface area contributed by atoms with Crippen LogP contribution in [0.1, 0.15) is 59.8 Å². The smallest absolute Gasteiger partial charge is 0.245 e. The molecule has 0 bridgehead atoms. The van der Waals surface area contributed by atoms with Crippen LogP contribution in [0.2, 0.25) is 0 Å². The van der Waals surface area contributed by atoms with Crippen molar-refractivity contribution < 1.29 is 16.8 Å². The number of nitrogens with zero attached hydrogens (tertiary/aromatic N) is 4. The van der Waals surface area contributed by atoms with Crippen LogP contribution >= 0.6 is 0 Å². The molecule has 2 aliphatic rings. The summed E-state index contributed by atoms with van der Waals surface area (Å²) < 4.78 is 58.3. The summed E-state index contributed by atoms with van der Waals surface area (Å²) in [6, 6.07) is 3.22. The van der Waals surface area contributed by atoms with Gasteiger partial charge in [0.05, 0.1) is 11.4 Å². The fraction of sp³-hybridized carbons (Fsp3) is 0.769. The largest absolute Gasteiger partial charge is 0.384 e. The Balaban J connectivity index is 2.20. The van der Waals surface area contributed by atoms with Crippen LogP contribution in [-0.2, 0) is 20.0 Å². The van der Waals surface area contributed by atoms with Crippen LogP contribution in [0.15, 0.2) is 21.9 Å². The molecule has 2 fully saturated rings. The molecule has 0 spiro atoms. The number of likely N-dealkylation sites (N-methyl/N-ethyl adjacent to an activating group) is 1. The Bertz CT molecular complexity index is 1090. The number of piperazine rings is 1. The van der Waals surface area contributed by atoms with E-state index >= 15 is 0 Å². The molecule has 0 unspecified atom stereocenters. The lowest BCUT2D eigenvalue weighted by molar-refractivity contribution is 0.312. The molecule has 0 aromatic heterocycles. The van der Waals surface area contributed by atoms with Crippen molar-refractivity contribution in [3.8, 4) is 0 Å². The monoisotopic (exact) mass is 557 g/mol. The predicted octanol–water partition coefficient (Wildman–Crippen LogP) is 3.49. The highest BCUT2D eigenvalue weighted by Gasteiger charge is 2.34. The van der Waals surface area contributed by atoms with Crippen molar-refractivity contribution in [3.05, 3.63) is 12.1 Å². The van der Waals surface area contributed by atoms with Crippen molar-refractivity contribution in [2.75, 3.05) is 76.2 Å². The number of benzene rings is 1. The van der Waals surface area contributed by atoms with Gasteiger partial charge in [-0.25, -0.2) is 16.8 Å². The lowest BCUT2D eigenvalue weighted by atomic mass is 9.89. The molecule has 0 atom stereocenters.